The molecule has 20 heavy (non-hydrogen) atoms. The molecule has 4 nitrogen and oxygen atoms in total. The molecule has 1 aromatic heterocycles. The van der Waals surface area contributed by atoms with Crippen LogP contribution < -0.4 is 5.32 Å². The van der Waals surface area contributed by atoms with Crippen molar-refractivity contribution in [2.75, 3.05) is 6.54 Å². The van der Waals surface area contributed by atoms with Crippen molar-refractivity contribution in [3.8, 4) is 0 Å². The van der Waals surface area contributed by atoms with Crippen LogP contribution in [0.2, 0.25) is 0 Å². The second-order valence-corrected chi connectivity index (χ2v) is 4.72. The number of carboxylic acid groups (broad SMARTS) is 1. The van der Waals surface area contributed by atoms with E-state index in [2.05, 4.69) is 10.3 Å². The summed E-state index contributed by atoms with van der Waals surface area (Å²) in [7, 11) is 0. The molecule has 2 rings (SSSR count). The molecule has 0 aliphatic heterocycles. The third kappa shape index (κ3) is 3.65. The molecule has 4 heteroatoms. The van der Waals surface area contributed by atoms with Crippen LogP contribution in [0.3, 0.4) is 0 Å². The van der Waals surface area contributed by atoms with Crippen LogP contribution in [-0.2, 0) is 4.79 Å². The van der Waals surface area contributed by atoms with Crippen LogP contribution in [0.5, 0.6) is 0 Å². The summed E-state index contributed by atoms with van der Waals surface area (Å²) < 4.78 is 0. The average Bonchev–Trinajstić information content (AvgIpc) is 2.49. The van der Waals surface area contributed by atoms with Crippen LogP contribution in [0.15, 0.2) is 54.9 Å². The van der Waals surface area contributed by atoms with Crippen LogP contribution >= 0.6 is 0 Å². The molecule has 1 unspecified atom stereocenters. The second kappa shape index (κ2) is 6.82. The van der Waals surface area contributed by atoms with Gasteiger partial charge in [-0.1, -0.05) is 36.4 Å². The van der Waals surface area contributed by atoms with E-state index in [1.165, 1.54) is 0 Å². The van der Waals surface area contributed by atoms with Crippen molar-refractivity contribution in [2.45, 2.75) is 18.9 Å². The summed E-state index contributed by atoms with van der Waals surface area (Å²) in [5.41, 5.74) is 1.86. The minimum atomic E-state index is -0.818. The Morgan fingerprint density at radius 3 is 2.50 bits per heavy atom. The molecule has 104 valence electrons. The summed E-state index contributed by atoms with van der Waals surface area (Å²) >= 11 is 0. The Bertz CT molecular complexity index is 543. The molecular weight excluding hydrogens is 252 g/mol. The standard InChI is InChI=1S/C16H18N2O2/c1-12(14-8-5-9-17-10-14)18-11-15(16(19)20)13-6-3-2-4-7-13/h2-10,12,15,18H,11H2,1H3,(H,19,20)/t12-,15?/m0/s1. The van der Waals surface area contributed by atoms with Gasteiger partial charge < -0.3 is 10.4 Å². The Morgan fingerprint density at radius 2 is 1.90 bits per heavy atom. The lowest BCUT2D eigenvalue weighted by Gasteiger charge is -2.18. The first-order valence-electron chi connectivity index (χ1n) is 6.59. The van der Waals surface area contributed by atoms with Gasteiger partial charge in [-0.3, -0.25) is 9.78 Å². The average molecular weight is 270 g/mol. The largest absolute Gasteiger partial charge is 0.481 e. The highest BCUT2D eigenvalue weighted by Crippen LogP contribution is 2.17. The predicted octanol–water partition coefficient (Wildman–Crippen LogP) is 2.60. The molecule has 2 aromatic rings. The Kier molecular flexibility index (Phi) is 4.85. The summed E-state index contributed by atoms with van der Waals surface area (Å²) in [4.78, 5) is 15.5. The topological polar surface area (TPSA) is 62.2 Å². The van der Waals surface area contributed by atoms with E-state index < -0.39 is 11.9 Å². The molecule has 1 aromatic carbocycles. The number of carboxylic acids is 1. The van der Waals surface area contributed by atoms with Gasteiger partial charge in [-0.05, 0) is 24.1 Å². The zero-order valence-corrected chi connectivity index (χ0v) is 11.4. The van der Waals surface area contributed by atoms with Crippen molar-refractivity contribution < 1.29 is 9.90 Å². The molecule has 2 N–H and O–H groups in total. The molecule has 2 atom stereocenters. The highest BCUT2D eigenvalue weighted by atomic mass is 16.4. The number of hydrogen-bond donors (Lipinski definition) is 2. The van der Waals surface area contributed by atoms with Crippen LogP contribution in [-0.4, -0.2) is 22.6 Å². The van der Waals surface area contributed by atoms with Crippen molar-refractivity contribution in [1.82, 2.24) is 10.3 Å². The van der Waals surface area contributed by atoms with E-state index >= 15 is 0 Å². The number of rotatable bonds is 6. The maximum absolute atomic E-state index is 11.4. The van der Waals surface area contributed by atoms with Crippen molar-refractivity contribution in [2.24, 2.45) is 0 Å². The van der Waals surface area contributed by atoms with Crippen LogP contribution in [0.1, 0.15) is 30.0 Å². The third-order valence-corrected chi connectivity index (χ3v) is 3.31. The Balaban J connectivity index is 2.02. The second-order valence-electron chi connectivity index (χ2n) is 4.72. The van der Waals surface area contributed by atoms with E-state index in [-0.39, 0.29) is 6.04 Å². The number of carbonyl (C=O) groups is 1. The summed E-state index contributed by atoms with van der Waals surface area (Å²) in [5, 5.41) is 12.6. The number of aromatic nitrogens is 1. The van der Waals surface area contributed by atoms with Crippen molar-refractivity contribution in [3.05, 3.63) is 66.0 Å². The van der Waals surface area contributed by atoms with Gasteiger partial charge in [-0.2, -0.15) is 0 Å². The first-order chi connectivity index (χ1) is 9.68. The number of nitrogens with zero attached hydrogens (tertiary/aromatic N) is 1. The minimum absolute atomic E-state index is 0.0641. The molecule has 0 radical (unpaired) electrons. The molecule has 0 amide bonds. The van der Waals surface area contributed by atoms with E-state index in [4.69, 9.17) is 0 Å². The first-order valence-corrected chi connectivity index (χ1v) is 6.59. The summed E-state index contributed by atoms with van der Waals surface area (Å²) in [6.45, 7) is 2.39. The normalized spacial score (nSPS) is 13.7. The lowest BCUT2D eigenvalue weighted by molar-refractivity contribution is -0.138. The smallest absolute Gasteiger partial charge is 0.312 e. The molecule has 1 heterocycles. The number of aliphatic carboxylic acids is 1. The van der Waals surface area contributed by atoms with Crippen LogP contribution in [0, 0.1) is 0 Å². The number of benzene rings is 1. The van der Waals surface area contributed by atoms with Gasteiger partial charge in [-0.15, -0.1) is 0 Å². The number of pyridine rings is 1. The lowest BCUT2D eigenvalue weighted by atomic mass is 9.98. The molecule has 0 aliphatic carbocycles. The van der Waals surface area contributed by atoms with Gasteiger partial charge in [0.2, 0.25) is 0 Å². The van der Waals surface area contributed by atoms with Gasteiger partial charge in [-0.25, -0.2) is 0 Å². The SMILES string of the molecule is C[C@H](NCC(C(=O)O)c1ccccc1)c1cccnc1. The summed E-state index contributed by atoms with van der Waals surface area (Å²) in [6, 6.07) is 13.2. The van der Waals surface area contributed by atoms with E-state index in [0.717, 1.165) is 11.1 Å². The highest BCUT2D eigenvalue weighted by molar-refractivity contribution is 5.76. The Hall–Kier alpha value is -2.20. The van der Waals surface area contributed by atoms with Gasteiger partial charge in [0.1, 0.15) is 0 Å². The number of hydrogen-bond acceptors (Lipinski definition) is 3. The van der Waals surface area contributed by atoms with Gasteiger partial charge >= 0.3 is 5.97 Å². The first kappa shape index (κ1) is 14.2. The van der Waals surface area contributed by atoms with Gasteiger partial charge in [0, 0.05) is 25.0 Å². The molecule has 0 spiro atoms. The summed E-state index contributed by atoms with van der Waals surface area (Å²) in [6.07, 6.45) is 3.51. The Morgan fingerprint density at radius 1 is 1.20 bits per heavy atom. The molecular formula is C16H18N2O2. The molecule has 0 aliphatic rings. The molecule has 0 saturated heterocycles. The van der Waals surface area contributed by atoms with Crippen molar-refractivity contribution >= 4 is 5.97 Å². The Labute approximate surface area is 118 Å². The van der Waals surface area contributed by atoms with Gasteiger partial charge in [0.15, 0.2) is 0 Å². The van der Waals surface area contributed by atoms with E-state index in [1.54, 1.807) is 12.4 Å². The van der Waals surface area contributed by atoms with Crippen molar-refractivity contribution in [3.63, 3.8) is 0 Å². The van der Waals surface area contributed by atoms with E-state index in [0.29, 0.717) is 6.54 Å². The molecule has 0 fully saturated rings. The third-order valence-electron chi connectivity index (χ3n) is 3.31. The molecule has 0 saturated carbocycles. The fraction of sp³-hybridized carbons (Fsp3) is 0.250. The fourth-order valence-electron chi connectivity index (χ4n) is 2.08. The van der Waals surface area contributed by atoms with Crippen molar-refractivity contribution in [1.29, 1.82) is 0 Å². The monoisotopic (exact) mass is 270 g/mol. The van der Waals surface area contributed by atoms with Crippen LogP contribution in [0.25, 0.3) is 0 Å². The van der Waals surface area contributed by atoms with E-state index in [9.17, 15) is 9.90 Å². The lowest BCUT2D eigenvalue weighted by Crippen LogP contribution is -2.29. The maximum atomic E-state index is 11.4. The van der Waals surface area contributed by atoms with Crippen LogP contribution in [0.4, 0.5) is 0 Å². The summed E-state index contributed by atoms with van der Waals surface area (Å²) in [5.74, 6) is -1.36. The quantitative estimate of drug-likeness (QED) is 0.847. The zero-order chi connectivity index (χ0) is 14.4. The van der Waals surface area contributed by atoms with E-state index in [1.807, 2.05) is 49.4 Å². The van der Waals surface area contributed by atoms with Gasteiger partial charge in [0.25, 0.3) is 0 Å². The van der Waals surface area contributed by atoms with Gasteiger partial charge in [0.05, 0.1) is 5.92 Å². The highest BCUT2D eigenvalue weighted by Gasteiger charge is 2.20. The fourth-order valence-corrected chi connectivity index (χ4v) is 2.08. The predicted molar refractivity (Wildman–Crippen MR) is 77.5 cm³/mol. The number of nitrogens with one attached hydrogen (secondary N) is 1. The molecule has 0 bridgehead atoms. The maximum Gasteiger partial charge on any atom is 0.312 e. The zero-order valence-electron chi connectivity index (χ0n) is 11.4. The minimum Gasteiger partial charge on any atom is -0.481 e.